The number of nitrogens with two attached hydrogens (primary N) is 1. The first-order chi connectivity index (χ1) is 12.2. The van der Waals surface area contributed by atoms with E-state index in [-0.39, 0.29) is 22.6 Å². The van der Waals surface area contributed by atoms with Crippen LogP contribution in [0.4, 0.5) is 21.5 Å². The number of carbonyl (C=O) groups is 2. The summed E-state index contributed by atoms with van der Waals surface area (Å²) in [5.41, 5.74) is 6.37. The molecule has 9 heteroatoms. The first-order valence-corrected chi connectivity index (χ1v) is 7.47. The first-order valence-electron chi connectivity index (χ1n) is 7.47. The summed E-state index contributed by atoms with van der Waals surface area (Å²) in [5.74, 6) is -2.28. The number of ether oxygens (including phenoxy) is 1. The van der Waals surface area contributed by atoms with Crippen LogP contribution in [0.3, 0.4) is 0 Å². The third-order valence-electron chi connectivity index (χ3n) is 3.74. The summed E-state index contributed by atoms with van der Waals surface area (Å²) in [7, 11) is 0. The van der Waals surface area contributed by atoms with Gasteiger partial charge in [-0.05, 0) is 43.2 Å². The second kappa shape index (κ2) is 7.60. The number of esters is 1. The SMILES string of the molecule is Cc1ccc([N+](=O)[O-])c(NC(=O)COC(=O)c2ccc(F)cc2N)c1C. The van der Waals surface area contributed by atoms with Gasteiger partial charge in [-0.1, -0.05) is 6.07 Å². The number of aryl methyl sites for hydroxylation is 1. The molecule has 0 heterocycles. The Morgan fingerprint density at radius 2 is 1.96 bits per heavy atom. The molecule has 0 atom stereocenters. The van der Waals surface area contributed by atoms with E-state index in [0.717, 1.165) is 23.8 Å². The van der Waals surface area contributed by atoms with Gasteiger partial charge in [-0.2, -0.15) is 0 Å². The molecule has 0 radical (unpaired) electrons. The van der Waals surface area contributed by atoms with Crippen molar-refractivity contribution in [2.75, 3.05) is 17.7 Å². The number of nitrogens with zero attached hydrogens (tertiary/aromatic N) is 1. The molecular weight excluding hydrogens is 345 g/mol. The lowest BCUT2D eigenvalue weighted by atomic mass is 10.1. The summed E-state index contributed by atoms with van der Waals surface area (Å²) in [4.78, 5) is 34.4. The Hall–Kier alpha value is -3.49. The Kier molecular flexibility index (Phi) is 5.51. The minimum atomic E-state index is -0.909. The Bertz CT molecular complexity index is 898. The number of nitro groups is 1. The summed E-state index contributed by atoms with van der Waals surface area (Å²) in [6, 6.07) is 5.98. The van der Waals surface area contributed by atoms with Crippen molar-refractivity contribution in [1.29, 1.82) is 0 Å². The highest BCUT2D eigenvalue weighted by atomic mass is 19.1. The Balaban J connectivity index is 2.09. The number of hydrogen-bond donors (Lipinski definition) is 2. The number of carbonyl (C=O) groups excluding carboxylic acids is 2. The monoisotopic (exact) mass is 361 g/mol. The molecule has 0 unspecified atom stereocenters. The molecule has 0 aliphatic heterocycles. The van der Waals surface area contributed by atoms with Gasteiger partial charge in [0.2, 0.25) is 0 Å². The molecule has 3 N–H and O–H groups in total. The molecular formula is C17H16FN3O5. The van der Waals surface area contributed by atoms with Gasteiger partial charge in [-0.15, -0.1) is 0 Å². The number of amides is 1. The molecule has 0 aliphatic carbocycles. The number of nitrogens with one attached hydrogen (secondary N) is 1. The van der Waals surface area contributed by atoms with Crippen molar-refractivity contribution in [3.8, 4) is 0 Å². The number of rotatable bonds is 5. The van der Waals surface area contributed by atoms with E-state index in [0.29, 0.717) is 5.56 Å². The maximum atomic E-state index is 13.0. The van der Waals surface area contributed by atoms with Gasteiger partial charge in [0.1, 0.15) is 11.5 Å². The molecule has 0 bridgehead atoms. The first kappa shape index (κ1) is 18.8. The summed E-state index contributed by atoms with van der Waals surface area (Å²) in [6.07, 6.45) is 0. The second-order valence-corrected chi connectivity index (χ2v) is 5.51. The highest BCUT2D eigenvalue weighted by Crippen LogP contribution is 2.30. The highest BCUT2D eigenvalue weighted by Gasteiger charge is 2.20. The molecule has 0 fully saturated rings. The molecule has 136 valence electrons. The molecule has 2 rings (SSSR count). The zero-order valence-corrected chi connectivity index (χ0v) is 14.0. The summed E-state index contributed by atoms with van der Waals surface area (Å²) in [6.45, 7) is 2.69. The smallest absolute Gasteiger partial charge is 0.340 e. The zero-order chi connectivity index (χ0) is 19.4. The third-order valence-corrected chi connectivity index (χ3v) is 3.74. The summed E-state index contributed by atoms with van der Waals surface area (Å²) in [5, 5.41) is 13.5. The normalized spacial score (nSPS) is 10.3. The number of benzene rings is 2. The standard InChI is InChI=1S/C17H16FN3O5/c1-9-3-6-14(21(24)25)16(10(9)2)20-15(22)8-26-17(23)12-5-4-11(18)7-13(12)19/h3-7H,8,19H2,1-2H3,(H,20,22). The highest BCUT2D eigenvalue weighted by molar-refractivity contribution is 5.99. The lowest BCUT2D eigenvalue weighted by Gasteiger charge is -2.11. The Morgan fingerprint density at radius 1 is 1.27 bits per heavy atom. The van der Waals surface area contributed by atoms with Gasteiger partial charge in [-0.25, -0.2) is 9.18 Å². The van der Waals surface area contributed by atoms with E-state index < -0.39 is 29.2 Å². The predicted molar refractivity (Wildman–Crippen MR) is 92.3 cm³/mol. The molecule has 8 nitrogen and oxygen atoms in total. The lowest BCUT2D eigenvalue weighted by Crippen LogP contribution is -2.22. The third kappa shape index (κ3) is 4.12. The molecule has 0 saturated heterocycles. The van der Waals surface area contributed by atoms with Crippen LogP contribution in [0.1, 0.15) is 21.5 Å². The maximum absolute atomic E-state index is 13.0. The van der Waals surface area contributed by atoms with E-state index in [1.54, 1.807) is 19.9 Å². The maximum Gasteiger partial charge on any atom is 0.340 e. The van der Waals surface area contributed by atoms with Crippen LogP contribution in [0.2, 0.25) is 0 Å². The van der Waals surface area contributed by atoms with Crippen molar-refractivity contribution >= 4 is 28.9 Å². The fourth-order valence-corrected chi connectivity index (χ4v) is 2.22. The van der Waals surface area contributed by atoms with Gasteiger partial charge in [0.25, 0.3) is 11.6 Å². The van der Waals surface area contributed by atoms with Crippen LogP contribution < -0.4 is 11.1 Å². The quantitative estimate of drug-likeness (QED) is 0.365. The molecule has 1 amide bonds. The van der Waals surface area contributed by atoms with Gasteiger partial charge < -0.3 is 15.8 Å². The fraction of sp³-hybridized carbons (Fsp3) is 0.176. The van der Waals surface area contributed by atoms with Gasteiger partial charge >= 0.3 is 5.97 Å². The number of nitrogen functional groups attached to an aromatic ring is 1. The van der Waals surface area contributed by atoms with E-state index in [2.05, 4.69) is 5.32 Å². The van der Waals surface area contributed by atoms with E-state index in [4.69, 9.17) is 10.5 Å². The number of nitro benzene ring substituents is 1. The topological polar surface area (TPSA) is 125 Å². The van der Waals surface area contributed by atoms with E-state index in [1.165, 1.54) is 6.07 Å². The zero-order valence-electron chi connectivity index (χ0n) is 14.0. The van der Waals surface area contributed by atoms with Gasteiger partial charge in [0.05, 0.1) is 10.5 Å². The second-order valence-electron chi connectivity index (χ2n) is 5.51. The largest absolute Gasteiger partial charge is 0.452 e. The van der Waals surface area contributed by atoms with E-state index in [9.17, 15) is 24.1 Å². The average Bonchev–Trinajstić information content (AvgIpc) is 2.56. The summed E-state index contributed by atoms with van der Waals surface area (Å²) >= 11 is 0. The van der Waals surface area contributed by atoms with Crippen molar-refractivity contribution in [2.45, 2.75) is 13.8 Å². The molecule has 2 aromatic carbocycles. The number of anilines is 2. The van der Waals surface area contributed by atoms with Crippen LogP contribution in [0.25, 0.3) is 0 Å². The summed E-state index contributed by atoms with van der Waals surface area (Å²) < 4.78 is 17.8. The van der Waals surface area contributed by atoms with Crippen molar-refractivity contribution < 1.29 is 23.6 Å². The van der Waals surface area contributed by atoms with E-state index in [1.807, 2.05) is 0 Å². The van der Waals surface area contributed by atoms with Crippen LogP contribution in [-0.2, 0) is 9.53 Å². The number of hydrogen-bond acceptors (Lipinski definition) is 6. The van der Waals surface area contributed by atoms with Gasteiger partial charge in [0, 0.05) is 11.8 Å². The molecule has 0 aliphatic rings. The molecule has 2 aromatic rings. The van der Waals surface area contributed by atoms with Crippen LogP contribution >= 0.6 is 0 Å². The van der Waals surface area contributed by atoms with Crippen molar-refractivity contribution in [2.24, 2.45) is 0 Å². The molecule has 26 heavy (non-hydrogen) atoms. The molecule has 0 saturated carbocycles. The minimum Gasteiger partial charge on any atom is -0.452 e. The molecule has 0 spiro atoms. The average molecular weight is 361 g/mol. The van der Waals surface area contributed by atoms with Crippen molar-refractivity contribution in [3.05, 3.63) is 63.0 Å². The predicted octanol–water partition coefficient (Wildman–Crippen LogP) is 2.73. The van der Waals surface area contributed by atoms with Crippen LogP contribution in [0.5, 0.6) is 0 Å². The minimum absolute atomic E-state index is 0.0392. The van der Waals surface area contributed by atoms with Crippen molar-refractivity contribution in [1.82, 2.24) is 0 Å². The Labute approximate surface area is 147 Å². The van der Waals surface area contributed by atoms with Crippen molar-refractivity contribution in [3.63, 3.8) is 0 Å². The number of halogens is 1. The van der Waals surface area contributed by atoms with Crippen LogP contribution in [-0.4, -0.2) is 23.4 Å². The van der Waals surface area contributed by atoms with Crippen LogP contribution in [0, 0.1) is 29.8 Å². The fourth-order valence-electron chi connectivity index (χ4n) is 2.22. The van der Waals surface area contributed by atoms with Gasteiger partial charge in [-0.3, -0.25) is 14.9 Å². The lowest BCUT2D eigenvalue weighted by molar-refractivity contribution is -0.384. The van der Waals surface area contributed by atoms with E-state index >= 15 is 0 Å². The van der Waals surface area contributed by atoms with Gasteiger partial charge in [0.15, 0.2) is 6.61 Å². The van der Waals surface area contributed by atoms with Crippen LogP contribution in [0.15, 0.2) is 30.3 Å². The Morgan fingerprint density at radius 3 is 2.58 bits per heavy atom. The molecule has 0 aromatic heterocycles.